The van der Waals surface area contributed by atoms with E-state index in [9.17, 15) is 0 Å². The van der Waals surface area contributed by atoms with Crippen LogP contribution in [0, 0.1) is 6.92 Å². The molecule has 2 aromatic rings. The summed E-state index contributed by atoms with van der Waals surface area (Å²) in [4.78, 5) is 6.16. The first-order valence-corrected chi connectivity index (χ1v) is 7.20. The van der Waals surface area contributed by atoms with E-state index in [0.717, 1.165) is 17.1 Å². The number of aryl methyl sites for hydroxylation is 1. The van der Waals surface area contributed by atoms with Crippen LogP contribution >= 0.6 is 11.3 Å². The van der Waals surface area contributed by atoms with Crippen LogP contribution in [0.2, 0.25) is 0 Å². The Morgan fingerprint density at radius 1 is 1.28 bits per heavy atom. The molecule has 18 heavy (non-hydrogen) atoms. The predicted octanol–water partition coefficient (Wildman–Crippen LogP) is 3.74. The van der Waals surface area contributed by atoms with Crippen molar-refractivity contribution in [1.29, 1.82) is 0 Å². The maximum atomic E-state index is 5.63. The number of nitrogens with zero attached hydrogens (tertiary/aromatic N) is 1. The Hall–Kier alpha value is -1.19. The van der Waals surface area contributed by atoms with Crippen LogP contribution in [0.1, 0.15) is 35.2 Å². The van der Waals surface area contributed by atoms with Crippen molar-refractivity contribution >= 4 is 11.3 Å². The van der Waals surface area contributed by atoms with Gasteiger partial charge in [0, 0.05) is 16.9 Å². The Morgan fingerprint density at radius 2 is 2.00 bits per heavy atom. The lowest BCUT2D eigenvalue weighted by atomic mass is 10.0. The Balaban J connectivity index is 2.52. The van der Waals surface area contributed by atoms with Crippen LogP contribution in [0.4, 0.5) is 0 Å². The Labute approximate surface area is 113 Å². The van der Waals surface area contributed by atoms with E-state index in [1.807, 2.05) is 0 Å². The smallest absolute Gasteiger partial charge is 0.0948 e. The topological polar surface area (TPSA) is 38.9 Å². The normalized spacial score (nSPS) is 11.2. The quantitative estimate of drug-likeness (QED) is 0.909. The van der Waals surface area contributed by atoms with Crippen LogP contribution in [-0.2, 0) is 6.42 Å². The van der Waals surface area contributed by atoms with Crippen LogP contribution in [0.15, 0.2) is 24.3 Å². The molecule has 0 aliphatic carbocycles. The first kappa shape index (κ1) is 13.2. The third-order valence-corrected chi connectivity index (χ3v) is 4.40. The minimum atomic E-state index is 0.503. The van der Waals surface area contributed by atoms with E-state index in [0.29, 0.717) is 12.5 Å². The summed E-state index contributed by atoms with van der Waals surface area (Å²) in [5, 5.41) is 1.15. The van der Waals surface area contributed by atoms with E-state index < -0.39 is 0 Å². The summed E-state index contributed by atoms with van der Waals surface area (Å²) in [5.41, 5.74) is 9.31. The van der Waals surface area contributed by atoms with E-state index in [2.05, 4.69) is 45.0 Å². The lowest BCUT2D eigenvalue weighted by molar-refractivity contribution is 0.887. The molecule has 2 N–H and O–H groups in total. The van der Waals surface area contributed by atoms with Crippen LogP contribution < -0.4 is 5.73 Å². The average Bonchev–Trinajstić information content (AvgIpc) is 2.74. The summed E-state index contributed by atoms with van der Waals surface area (Å²) < 4.78 is 0. The zero-order valence-corrected chi connectivity index (χ0v) is 12.1. The highest BCUT2D eigenvalue weighted by atomic mass is 32.1. The number of aromatic nitrogens is 1. The molecule has 1 aromatic heterocycles. The van der Waals surface area contributed by atoms with Crippen molar-refractivity contribution in [1.82, 2.24) is 4.98 Å². The molecule has 0 bridgehead atoms. The van der Waals surface area contributed by atoms with Crippen LogP contribution in [0.5, 0.6) is 0 Å². The average molecular weight is 260 g/mol. The number of nitrogens with two attached hydrogens (primary N) is 1. The van der Waals surface area contributed by atoms with Crippen LogP contribution in [0.25, 0.3) is 11.3 Å². The molecule has 0 aliphatic heterocycles. The van der Waals surface area contributed by atoms with Gasteiger partial charge in [0.15, 0.2) is 0 Å². The standard InChI is InChI=1S/C15H20N2S/c1-10(2)15-14(17-13(18-15)8-9-16)12-7-5-4-6-11(12)3/h4-7,10H,8-9,16H2,1-3H3. The molecule has 0 saturated carbocycles. The predicted molar refractivity (Wildman–Crippen MR) is 79.1 cm³/mol. The minimum absolute atomic E-state index is 0.503. The highest BCUT2D eigenvalue weighted by molar-refractivity contribution is 7.12. The van der Waals surface area contributed by atoms with Gasteiger partial charge < -0.3 is 5.73 Å². The third kappa shape index (κ3) is 2.62. The van der Waals surface area contributed by atoms with E-state index >= 15 is 0 Å². The number of benzene rings is 1. The number of thiazole rings is 1. The number of hydrogen-bond donors (Lipinski definition) is 1. The molecule has 0 radical (unpaired) electrons. The Kier molecular flexibility index (Phi) is 4.15. The molecule has 0 amide bonds. The molecule has 2 nitrogen and oxygen atoms in total. The zero-order valence-electron chi connectivity index (χ0n) is 11.2. The fourth-order valence-electron chi connectivity index (χ4n) is 2.03. The Morgan fingerprint density at radius 3 is 2.61 bits per heavy atom. The van der Waals surface area contributed by atoms with E-state index in [1.165, 1.54) is 16.0 Å². The molecule has 0 spiro atoms. The molecule has 2 rings (SSSR count). The summed E-state index contributed by atoms with van der Waals surface area (Å²) in [5.74, 6) is 0.503. The van der Waals surface area contributed by atoms with Gasteiger partial charge in [-0.25, -0.2) is 4.98 Å². The van der Waals surface area contributed by atoms with Gasteiger partial charge in [-0.05, 0) is 24.9 Å². The highest BCUT2D eigenvalue weighted by Crippen LogP contribution is 2.35. The van der Waals surface area contributed by atoms with Crippen molar-refractivity contribution in [3.05, 3.63) is 39.7 Å². The molecule has 0 saturated heterocycles. The lowest BCUT2D eigenvalue weighted by Gasteiger charge is -2.07. The Bertz CT molecular complexity index is 529. The fourth-order valence-corrected chi connectivity index (χ4v) is 3.13. The van der Waals surface area contributed by atoms with E-state index in [4.69, 9.17) is 10.7 Å². The zero-order chi connectivity index (χ0) is 13.1. The van der Waals surface area contributed by atoms with Crippen molar-refractivity contribution in [2.24, 2.45) is 5.73 Å². The van der Waals surface area contributed by atoms with Crippen molar-refractivity contribution in [3.8, 4) is 11.3 Å². The van der Waals surface area contributed by atoms with Gasteiger partial charge in [0.25, 0.3) is 0 Å². The van der Waals surface area contributed by atoms with Gasteiger partial charge in [0.1, 0.15) is 0 Å². The van der Waals surface area contributed by atoms with E-state index in [1.54, 1.807) is 11.3 Å². The third-order valence-electron chi connectivity index (χ3n) is 2.98. The summed E-state index contributed by atoms with van der Waals surface area (Å²) in [7, 11) is 0. The molecular weight excluding hydrogens is 240 g/mol. The van der Waals surface area contributed by atoms with Gasteiger partial charge in [-0.15, -0.1) is 11.3 Å². The van der Waals surface area contributed by atoms with Crippen molar-refractivity contribution in [3.63, 3.8) is 0 Å². The van der Waals surface area contributed by atoms with Gasteiger partial charge in [0.2, 0.25) is 0 Å². The van der Waals surface area contributed by atoms with E-state index in [-0.39, 0.29) is 0 Å². The van der Waals surface area contributed by atoms with Crippen molar-refractivity contribution < 1.29 is 0 Å². The summed E-state index contributed by atoms with van der Waals surface area (Å²) in [6.07, 6.45) is 0.871. The minimum Gasteiger partial charge on any atom is -0.330 e. The molecular formula is C15H20N2S. The monoisotopic (exact) mass is 260 g/mol. The molecule has 1 aromatic carbocycles. The van der Waals surface area contributed by atoms with Crippen molar-refractivity contribution in [2.75, 3.05) is 6.54 Å². The fraction of sp³-hybridized carbons (Fsp3) is 0.400. The molecule has 0 fully saturated rings. The second kappa shape index (κ2) is 5.63. The summed E-state index contributed by atoms with van der Waals surface area (Å²) in [6.45, 7) is 7.25. The second-order valence-electron chi connectivity index (χ2n) is 4.83. The maximum Gasteiger partial charge on any atom is 0.0948 e. The molecule has 0 unspecified atom stereocenters. The summed E-state index contributed by atoms with van der Waals surface area (Å²) >= 11 is 1.80. The molecule has 96 valence electrons. The highest BCUT2D eigenvalue weighted by Gasteiger charge is 2.16. The van der Waals surface area contributed by atoms with Crippen LogP contribution in [0.3, 0.4) is 0 Å². The lowest BCUT2D eigenvalue weighted by Crippen LogP contribution is -2.02. The molecule has 1 heterocycles. The van der Waals surface area contributed by atoms with Gasteiger partial charge in [-0.1, -0.05) is 38.1 Å². The van der Waals surface area contributed by atoms with Gasteiger partial charge in [0.05, 0.1) is 10.7 Å². The van der Waals surface area contributed by atoms with Gasteiger partial charge in [-0.3, -0.25) is 0 Å². The van der Waals surface area contributed by atoms with Crippen molar-refractivity contribution in [2.45, 2.75) is 33.1 Å². The molecule has 3 heteroatoms. The number of hydrogen-bond acceptors (Lipinski definition) is 3. The maximum absolute atomic E-state index is 5.63. The van der Waals surface area contributed by atoms with Gasteiger partial charge in [-0.2, -0.15) is 0 Å². The number of rotatable bonds is 4. The first-order chi connectivity index (χ1) is 8.63. The second-order valence-corrected chi connectivity index (χ2v) is 5.94. The molecule has 0 aliphatic rings. The molecule has 0 atom stereocenters. The van der Waals surface area contributed by atoms with Crippen LogP contribution in [-0.4, -0.2) is 11.5 Å². The largest absolute Gasteiger partial charge is 0.330 e. The summed E-state index contributed by atoms with van der Waals surface area (Å²) in [6, 6.07) is 8.44. The van der Waals surface area contributed by atoms with Gasteiger partial charge >= 0.3 is 0 Å². The SMILES string of the molecule is Cc1ccccc1-c1nc(CCN)sc1C(C)C. The first-order valence-electron chi connectivity index (χ1n) is 6.39.